The van der Waals surface area contributed by atoms with Gasteiger partial charge < -0.3 is 5.73 Å². The maximum Gasteiger partial charge on any atom is 0.147 e. The van der Waals surface area contributed by atoms with Crippen LogP contribution in [0, 0.1) is 11.8 Å². The lowest BCUT2D eigenvalue weighted by Crippen LogP contribution is -2.32. The molecule has 1 fully saturated rings. The van der Waals surface area contributed by atoms with Gasteiger partial charge >= 0.3 is 0 Å². The van der Waals surface area contributed by atoms with E-state index in [2.05, 4.69) is 6.92 Å². The molecule has 3 unspecified atom stereocenters. The molecule has 0 heterocycles. The SMILES string of the molecule is CC1CCCC1C(N)CCCS(C)(=O)=O. The highest BCUT2D eigenvalue weighted by Crippen LogP contribution is 2.34. The van der Waals surface area contributed by atoms with Crippen molar-refractivity contribution in [1.82, 2.24) is 0 Å². The van der Waals surface area contributed by atoms with Crippen LogP contribution in [0.3, 0.4) is 0 Å². The molecule has 0 saturated heterocycles. The summed E-state index contributed by atoms with van der Waals surface area (Å²) in [4.78, 5) is 0. The van der Waals surface area contributed by atoms with E-state index < -0.39 is 9.84 Å². The Morgan fingerprint density at radius 2 is 2.07 bits per heavy atom. The predicted octanol–water partition coefficient (Wildman–Crippen LogP) is 1.57. The minimum atomic E-state index is -2.81. The Morgan fingerprint density at radius 3 is 2.53 bits per heavy atom. The van der Waals surface area contributed by atoms with Crippen LogP contribution in [0.5, 0.6) is 0 Å². The van der Waals surface area contributed by atoms with Crippen LogP contribution in [-0.4, -0.2) is 26.5 Å². The molecular formula is C11H23NO2S. The summed E-state index contributed by atoms with van der Waals surface area (Å²) >= 11 is 0. The Hall–Kier alpha value is -0.0900. The van der Waals surface area contributed by atoms with E-state index in [0.717, 1.165) is 12.3 Å². The van der Waals surface area contributed by atoms with E-state index in [9.17, 15) is 8.42 Å². The molecule has 4 heteroatoms. The molecule has 1 saturated carbocycles. The second-order valence-corrected chi connectivity index (χ2v) is 7.27. The van der Waals surface area contributed by atoms with Crippen molar-refractivity contribution in [2.75, 3.05) is 12.0 Å². The molecule has 0 spiro atoms. The Morgan fingerprint density at radius 1 is 1.40 bits per heavy atom. The van der Waals surface area contributed by atoms with Gasteiger partial charge in [0.25, 0.3) is 0 Å². The largest absolute Gasteiger partial charge is 0.327 e. The molecule has 1 rings (SSSR count). The van der Waals surface area contributed by atoms with E-state index in [1.807, 2.05) is 0 Å². The summed E-state index contributed by atoms with van der Waals surface area (Å²) in [5, 5.41) is 0. The van der Waals surface area contributed by atoms with Crippen molar-refractivity contribution in [3.63, 3.8) is 0 Å². The molecular weight excluding hydrogens is 210 g/mol. The van der Waals surface area contributed by atoms with Crippen molar-refractivity contribution in [3.05, 3.63) is 0 Å². The second-order valence-electron chi connectivity index (χ2n) is 5.01. The van der Waals surface area contributed by atoms with Crippen molar-refractivity contribution in [1.29, 1.82) is 0 Å². The summed E-state index contributed by atoms with van der Waals surface area (Å²) in [6.45, 7) is 2.26. The van der Waals surface area contributed by atoms with Gasteiger partial charge in [0, 0.05) is 18.1 Å². The minimum absolute atomic E-state index is 0.198. The summed E-state index contributed by atoms with van der Waals surface area (Å²) in [6.07, 6.45) is 6.64. The lowest BCUT2D eigenvalue weighted by molar-refractivity contribution is 0.330. The number of sulfone groups is 1. The van der Waals surface area contributed by atoms with Crippen molar-refractivity contribution < 1.29 is 8.42 Å². The van der Waals surface area contributed by atoms with Crippen LogP contribution in [0.2, 0.25) is 0 Å². The van der Waals surface area contributed by atoms with E-state index in [-0.39, 0.29) is 11.8 Å². The van der Waals surface area contributed by atoms with Gasteiger partial charge in [0.2, 0.25) is 0 Å². The lowest BCUT2D eigenvalue weighted by atomic mass is 9.88. The van der Waals surface area contributed by atoms with Crippen LogP contribution in [0.15, 0.2) is 0 Å². The number of nitrogens with two attached hydrogens (primary N) is 1. The molecule has 0 bridgehead atoms. The number of hydrogen-bond acceptors (Lipinski definition) is 3. The summed E-state index contributed by atoms with van der Waals surface area (Å²) in [5.41, 5.74) is 6.10. The van der Waals surface area contributed by atoms with Gasteiger partial charge in [-0.15, -0.1) is 0 Å². The fourth-order valence-corrected chi connectivity index (χ4v) is 3.30. The van der Waals surface area contributed by atoms with Gasteiger partial charge in [-0.3, -0.25) is 0 Å². The van der Waals surface area contributed by atoms with E-state index in [4.69, 9.17) is 5.73 Å². The number of hydrogen-bond donors (Lipinski definition) is 1. The smallest absolute Gasteiger partial charge is 0.147 e. The zero-order chi connectivity index (χ0) is 11.5. The summed E-state index contributed by atoms with van der Waals surface area (Å²) in [6, 6.07) is 0.198. The molecule has 90 valence electrons. The van der Waals surface area contributed by atoms with Gasteiger partial charge in [-0.2, -0.15) is 0 Å². The third-order valence-electron chi connectivity index (χ3n) is 3.53. The monoisotopic (exact) mass is 233 g/mol. The molecule has 3 atom stereocenters. The molecule has 2 N–H and O–H groups in total. The van der Waals surface area contributed by atoms with Crippen LogP contribution >= 0.6 is 0 Å². The van der Waals surface area contributed by atoms with Crippen LogP contribution in [0.4, 0.5) is 0 Å². The van der Waals surface area contributed by atoms with Crippen molar-refractivity contribution >= 4 is 9.84 Å². The molecule has 15 heavy (non-hydrogen) atoms. The molecule has 0 aromatic heterocycles. The zero-order valence-corrected chi connectivity index (χ0v) is 10.6. The van der Waals surface area contributed by atoms with Crippen LogP contribution in [0.1, 0.15) is 39.0 Å². The molecule has 0 amide bonds. The van der Waals surface area contributed by atoms with Crippen molar-refractivity contribution in [3.8, 4) is 0 Å². The van der Waals surface area contributed by atoms with Gasteiger partial charge in [-0.25, -0.2) is 8.42 Å². The number of rotatable bonds is 5. The Balaban J connectivity index is 2.27. The van der Waals surface area contributed by atoms with E-state index in [0.29, 0.717) is 12.3 Å². The normalized spacial score (nSPS) is 29.3. The molecule has 0 aromatic rings. The van der Waals surface area contributed by atoms with E-state index >= 15 is 0 Å². The van der Waals surface area contributed by atoms with Crippen molar-refractivity contribution in [2.45, 2.75) is 45.1 Å². The Bertz CT molecular complexity index is 287. The van der Waals surface area contributed by atoms with Crippen LogP contribution in [0.25, 0.3) is 0 Å². The fraction of sp³-hybridized carbons (Fsp3) is 1.00. The molecule has 1 aliphatic rings. The lowest BCUT2D eigenvalue weighted by Gasteiger charge is -2.22. The third kappa shape index (κ3) is 4.51. The van der Waals surface area contributed by atoms with Gasteiger partial charge in [0.05, 0.1) is 0 Å². The summed E-state index contributed by atoms with van der Waals surface area (Å²) in [5.74, 6) is 1.62. The first-order valence-electron chi connectivity index (χ1n) is 5.83. The van der Waals surface area contributed by atoms with Gasteiger partial charge in [0.15, 0.2) is 0 Å². The highest BCUT2D eigenvalue weighted by atomic mass is 32.2. The fourth-order valence-electron chi connectivity index (χ4n) is 2.61. The zero-order valence-electron chi connectivity index (χ0n) is 9.78. The Kier molecular flexibility index (Phi) is 4.59. The standard InChI is InChI=1S/C11H23NO2S/c1-9-5-3-6-10(9)11(12)7-4-8-15(2,13)14/h9-11H,3-8,12H2,1-2H3. The van der Waals surface area contributed by atoms with Crippen LogP contribution in [-0.2, 0) is 9.84 Å². The van der Waals surface area contributed by atoms with E-state index in [1.54, 1.807) is 0 Å². The van der Waals surface area contributed by atoms with Gasteiger partial charge in [-0.05, 0) is 31.1 Å². The Labute approximate surface area is 93.3 Å². The molecule has 0 radical (unpaired) electrons. The molecule has 0 aromatic carbocycles. The summed E-state index contributed by atoms with van der Waals surface area (Å²) in [7, 11) is -2.81. The average molecular weight is 233 g/mol. The first-order valence-corrected chi connectivity index (χ1v) is 7.89. The maximum atomic E-state index is 11.0. The quantitative estimate of drug-likeness (QED) is 0.784. The topological polar surface area (TPSA) is 60.2 Å². The van der Waals surface area contributed by atoms with E-state index in [1.165, 1.54) is 25.5 Å². The summed E-state index contributed by atoms with van der Waals surface area (Å²) < 4.78 is 21.9. The molecule has 1 aliphatic carbocycles. The third-order valence-corrected chi connectivity index (χ3v) is 4.56. The van der Waals surface area contributed by atoms with Gasteiger partial charge in [0.1, 0.15) is 9.84 Å². The molecule has 0 aliphatic heterocycles. The predicted molar refractivity (Wildman–Crippen MR) is 63.4 cm³/mol. The van der Waals surface area contributed by atoms with Crippen LogP contribution < -0.4 is 5.73 Å². The first-order chi connectivity index (χ1) is 6.90. The molecule has 3 nitrogen and oxygen atoms in total. The average Bonchev–Trinajstić information content (AvgIpc) is 2.48. The highest BCUT2D eigenvalue weighted by molar-refractivity contribution is 7.90. The maximum absolute atomic E-state index is 11.0. The first kappa shape index (κ1) is 13.0. The highest BCUT2D eigenvalue weighted by Gasteiger charge is 2.28. The second kappa shape index (κ2) is 5.30. The minimum Gasteiger partial charge on any atom is -0.327 e. The van der Waals surface area contributed by atoms with Gasteiger partial charge in [-0.1, -0.05) is 19.8 Å². The van der Waals surface area contributed by atoms with Crippen molar-refractivity contribution in [2.24, 2.45) is 17.6 Å².